The van der Waals surface area contributed by atoms with E-state index in [1.807, 2.05) is 19.1 Å². The minimum Gasteiger partial charge on any atom is -0.352 e. The fourth-order valence-corrected chi connectivity index (χ4v) is 3.93. The Hall–Kier alpha value is -2.42. The van der Waals surface area contributed by atoms with Crippen LogP contribution in [0.5, 0.6) is 0 Å². The second-order valence-electron chi connectivity index (χ2n) is 6.71. The Morgan fingerprint density at radius 3 is 2.78 bits per heavy atom. The van der Waals surface area contributed by atoms with Gasteiger partial charge in [-0.3, -0.25) is 9.59 Å². The first-order chi connectivity index (χ1) is 13.0. The lowest BCUT2D eigenvalue weighted by Crippen LogP contribution is -2.40. The van der Waals surface area contributed by atoms with Crippen LogP contribution >= 0.6 is 11.8 Å². The Bertz CT molecular complexity index is 803. The molecule has 3 rings (SSSR count). The van der Waals surface area contributed by atoms with Gasteiger partial charge in [-0.15, -0.1) is 5.10 Å². The molecule has 1 aromatic heterocycles. The van der Waals surface area contributed by atoms with Crippen LogP contribution in [-0.2, 0) is 9.59 Å². The van der Waals surface area contributed by atoms with Crippen LogP contribution in [-0.4, -0.2) is 43.3 Å². The molecule has 0 bridgehead atoms. The molecule has 1 aromatic carbocycles. The molecule has 2 aromatic rings. The summed E-state index contributed by atoms with van der Waals surface area (Å²) >= 11 is 1.32. The zero-order valence-electron chi connectivity index (χ0n) is 15.5. The number of nitrogens with one attached hydrogen (secondary N) is 2. The van der Waals surface area contributed by atoms with Gasteiger partial charge in [-0.05, 0) is 48.4 Å². The summed E-state index contributed by atoms with van der Waals surface area (Å²) < 4.78 is 1.57. The molecule has 0 spiro atoms. The lowest BCUT2D eigenvalue weighted by Gasteiger charge is -2.24. The van der Waals surface area contributed by atoms with Crippen molar-refractivity contribution < 1.29 is 9.59 Å². The Labute approximate surface area is 162 Å². The number of anilines is 1. The molecule has 2 amide bonds. The number of benzene rings is 1. The summed E-state index contributed by atoms with van der Waals surface area (Å²) in [6, 6.07) is 7.52. The van der Waals surface area contributed by atoms with Crippen molar-refractivity contribution in [3.63, 3.8) is 0 Å². The van der Waals surface area contributed by atoms with Gasteiger partial charge in [0, 0.05) is 18.7 Å². The largest absolute Gasteiger partial charge is 0.352 e. The molecule has 1 atom stereocenters. The summed E-state index contributed by atoms with van der Waals surface area (Å²) in [6.45, 7) is 3.31. The molecule has 1 saturated carbocycles. The summed E-state index contributed by atoms with van der Waals surface area (Å²) in [5, 5.41) is 17.9. The highest BCUT2D eigenvalue weighted by molar-refractivity contribution is 8.00. The van der Waals surface area contributed by atoms with Gasteiger partial charge in [0.1, 0.15) is 0 Å². The molecule has 144 valence electrons. The smallest absolute Gasteiger partial charge is 0.233 e. The fraction of sp³-hybridized carbons (Fsp3) is 0.500. The van der Waals surface area contributed by atoms with Gasteiger partial charge in [0.15, 0.2) is 0 Å². The minimum absolute atomic E-state index is 0.00782. The summed E-state index contributed by atoms with van der Waals surface area (Å²) in [7, 11) is 0. The zero-order chi connectivity index (χ0) is 19.2. The molecule has 27 heavy (non-hydrogen) atoms. The number of carbonyl (C=O) groups excluding carboxylic acids is 2. The number of hydrogen-bond acceptors (Lipinski definition) is 6. The normalized spacial score (nSPS) is 15.9. The van der Waals surface area contributed by atoms with Gasteiger partial charge < -0.3 is 10.6 Å². The van der Waals surface area contributed by atoms with Gasteiger partial charge >= 0.3 is 0 Å². The molecular weight excluding hydrogens is 364 g/mol. The van der Waals surface area contributed by atoms with E-state index in [0.717, 1.165) is 12.8 Å². The molecule has 1 aliphatic carbocycles. The number of carbonyl (C=O) groups is 2. The van der Waals surface area contributed by atoms with Gasteiger partial charge in [0.2, 0.25) is 17.0 Å². The third-order valence-corrected chi connectivity index (χ3v) is 5.49. The van der Waals surface area contributed by atoms with Crippen LogP contribution in [0.1, 0.15) is 46.0 Å². The molecule has 0 aliphatic heterocycles. The molecule has 2 N–H and O–H groups in total. The van der Waals surface area contributed by atoms with Crippen LogP contribution in [0.15, 0.2) is 29.4 Å². The molecule has 0 saturated heterocycles. The minimum atomic E-state index is -0.310. The van der Waals surface area contributed by atoms with Crippen molar-refractivity contribution in [3.8, 4) is 5.69 Å². The Balaban J connectivity index is 1.67. The molecule has 8 nitrogen and oxygen atoms in total. The lowest BCUT2D eigenvalue weighted by molar-refractivity contribution is -0.121. The van der Waals surface area contributed by atoms with Crippen LogP contribution < -0.4 is 10.6 Å². The van der Waals surface area contributed by atoms with Crippen LogP contribution in [0, 0.1) is 0 Å². The van der Waals surface area contributed by atoms with E-state index in [1.54, 1.807) is 16.8 Å². The molecular formula is C18H24N6O2S. The van der Waals surface area contributed by atoms with Gasteiger partial charge in [-0.2, -0.15) is 4.68 Å². The fourth-order valence-electron chi connectivity index (χ4n) is 3.11. The maximum atomic E-state index is 12.5. The lowest BCUT2D eigenvalue weighted by atomic mass is 9.95. The number of aromatic nitrogens is 4. The first-order valence-electron chi connectivity index (χ1n) is 9.16. The van der Waals surface area contributed by atoms with E-state index in [-0.39, 0.29) is 23.1 Å². The van der Waals surface area contributed by atoms with Crippen LogP contribution in [0.4, 0.5) is 5.69 Å². The van der Waals surface area contributed by atoms with E-state index >= 15 is 0 Å². The highest BCUT2D eigenvalue weighted by Gasteiger charge is 2.22. The van der Waals surface area contributed by atoms with Gasteiger partial charge in [0.05, 0.1) is 10.9 Å². The topological polar surface area (TPSA) is 102 Å². The molecule has 9 heteroatoms. The van der Waals surface area contributed by atoms with Gasteiger partial charge in [-0.25, -0.2) is 0 Å². The highest BCUT2D eigenvalue weighted by Crippen LogP contribution is 2.25. The maximum absolute atomic E-state index is 12.5. The Kier molecular flexibility index (Phi) is 6.44. The van der Waals surface area contributed by atoms with Crippen molar-refractivity contribution in [2.75, 3.05) is 5.32 Å². The van der Waals surface area contributed by atoms with Crippen molar-refractivity contribution in [2.45, 2.75) is 62.4 Å². The molecule has 1 fully saturated rings. The average Bonchev–Trinajstić information content (AvgIpc) is 3.10. The summed E-state index contributed by atoms with van der Waals surface area (Å²) in [5.74, 6) is -0.139. The molecule has 1 heterocycles. The Morgan fingerprint density at radius 2 is 2.04 bits per heavy atom. The monoisotopic (exact) mass is 388 g/mol. The first-order valence-corrected chi connectivity index (χ1v) is 10.0. The van der Waals surface area contributed by atoms with E-state index in [0.29, 0.717) is 16.5 Å². The highest BCUT2D eigenvalue weighted by atomic mass is 32.2. The summed E-state index contributed by atoms with van der Waals surface area (Å²) in [4.78, 5) is 23.8. The Morgan fingerprint density at radius 1 is 1.26 bits per heavy atom. The van der Waals surface area contributed by atoms with E-state index in [1.165, 1.54) is 37.9 Å². The predicted molar refractivity (Wildman–Crippen MR) is 104 cm³/mol. The van der Waals surface area contributed by atoms with Crippen molar-refractivity contribution in [1.29, 1.82) is 0 Å². The number of thioether (sulfide) groups is 1. The third-order valence-electron chi connectivity index (χ3n) is 4.45. The predicted octanol–water partition coefficient (Wildman–Crippen LogP) is 2.55. The van der Waals surface area contributed by atoms with Crippen molar-refractivity contribution >= 4 is 29.3 Å². The third kappa shape index (κ3) is 5.29. The second kappa shape index (κ2) is 8.98. The molecule has 1 aliphatic rings. The van der Waals surface area contributed by atoms with E-state index < -0.39 is 0 Å². The number of amides is 2. The number of tetrazole rings is 1. The second-order valence-corrected chi connectivity index (χ2v) is 8.02. The van der Waals surface area contributed by atoms with Crippen LogP contribution in [0.2, 0.25) is 0 Å². The van der Waals surface area contributed by atoms with E-state index in [4.69, 9.17) is 0 Å². The van der Waals surface area contributed by atoms with E-state index in [9.17, 15) is 9.59 Å². The van der Waals surface area contributed by atoms with Gasteiger partial charge in [-0.1, -0.05) is 37.1 Å². The van der Waals surface area contributed by atoms with Crippen LogP contribution in [0.3, 0.4) is 0 Å². The molecule has 1 unspecified atom stereocenters. The van der Waals surface area contributed by atoms with Crippen molar-refractivity contribution in [1.82, 2.24) is 25.5 Å². The number of nitrogens with zero attached hydrogens (tertiary/aromatic N) is 4. The average molecular weight is 388 g/mol. The summed E-state index contributed by atoms with van der Waals surface area (Å²) in [5.41, 5.74) is 1.38. The van der Waals surface area contributed by atoms with E-state index in [2.05, 4.69) is 26.2 Å². The van der Waals surface area contributed by atoms with Crippen molar-refractivity contribution in [3.05, 3.63) is 24.3 Å². The number of rotatable bonds is 6. The molecule has 0 radical (unpaired) electrons. The van der Waals surface area contributed by atoms with Crippen molar-refractivity contribution in [2.24, 2.45) is 0 Å². The van der Waals surface area contributed by atoms with Crippen LogP contribution in [0.25, 0.3) is 5.69 Å². The summed E-state index contributed by atoms with van der Waals surface area (Å²) in [6.07, 6.45) is 5.71. The van der Waals surface area contributed by atoms with Gasteiger partial charge in [0.25, 0.3) is 0 Å². The SMILES string of the molecule is CC(=O)Nc1cccc(-n2nnnc2SC(C)C(=O)NC2CCCCC2)c1. The maximum Gasteiger partial charge on any atom is 0.233 e. The number of hydrogen-bond donors (Lipinski definition) is 2. The standard InChI is InChI=1S/C18H24N6O2S/c1-12(17(26)20-14-7-4-3-5-8-14)27-18-21-22-23-24(18)16-10-6-9-15(11-16)19-13(2)25/h6,9-12,14H,3-5,7-8H2,1-2H3,(H,19,25)(H,20,26). The zero-order valence-corrected chi connectivity index (χ0v) is 16.3. The first kappa shape index (κ1) is 19.3. The quantitative estimate of drug-likeness (QED) is 0.738.